The number of allylic oxidation sites excluding steroid dienone is 1. The summed E-state index contributed by atoms with van der Waals surface area (Å²) in [6, 6.07) is 0. The molecule has 1 N–H and O–H groups in total. The van der Waals surface area contributed by atoms with Crippen molar-refractivity contribution in [3.05, 3.63) is 11.6 Å². The molecule has 80 valence electrons. The van der Waals surface area contributed by atoms with Crippen molar-refractivity contribution in [3.8, 4) is 0 Å². The highest BCUT2D eigenvalue weighted by Crippen LogP contribution is 2.23. The molecule has 0 spiro atoms. The summed E-state index contributed by atoms with van der Waals surface area (Å²) in [5.41, 5.74) is 1.32. The van der Waals surface area contributed by atoms with Crippen LogP contribution in [0.25, 0.3) is 0 Å². The Morgan fingerprint density at radius 1 is 1.57 bits per heavy atom. The molecule has 3 nitrogen and oxygen atoms in total. The Kier molecular flexibility index (Phi) is 3.69. The van der Waals surface area contributed by atoms with Crippen molar-refractivity contribution < 1.29 is 9.90 Å². The van der Waals surface area contributed by atoms with Crippen molar-refractivity contribution in [1.82, 2.24) is 4.90 Å². The second-order valence-electron chi connectivity index (χ2n) is 4.39. The minimum atomic E-state index is -0.670. The fraction of sp³-hybridized carbons (Fsp3) is 0.727. The summed E-state index contributed by atoms with van der Waals surface area (Å²) in [7, 11) is 0. The van der Waals surface area contributed by atoms with Crippen LogP contribution in [0.3, 0.4) is 0 Å². The van der Waals surface area contributed by atoms with Gasteiger partial charge in [-0.25, -0.2) is 0 Å². The van der Waals surface area contributed by atoms with Crippen molar-refractivity contribution in [1.29, 1.82) is 0 Å². The minimum Gasteiger partial charge on any atom is -0.481 e. The normalized spacial score (nSPS) is 19.9. The first kappa shape index (κ1) is 11.2. The van der Waals surface area contributed by atoms with Crippen LogP contribution in [0.4, 0.5) is 0 Å². The number of nitrogens with zero attached hydrogens (tertiary/aromatic N) is 1. The lowest BCUT2D eigenvalue weighted by Crippen LogP contribution is -2.50. The average Bonchev–Trinajstić information content (AvgIpc) is 2.00. The van der Waals surface area contributed by atoms with Gasteiger partial charge in [0.1, 0.15) is 0 Å². The van der Waals surface area contributed by atoms with Crippen molar-refractivity contribution in [3.63, 3.8) is 0 Å². The summed E-state index contributed by atoms with van der Waals surface area (Å²) >= 11 is 0. The zero-order valence-electron chi connectivity index (χ0n) is 9.16. The van der Waals surface area contributed by atoms with E-state index in [1.807, 2.05) is 0 Å². The molecule has 0 aromatic carbocycles. The van der Waals surface area contributed by atoms with E-state index in [0.717, 1.165) is 19.6 Å². The number of carboxylic acids is 1. The first-order chi connectivity index (χ1) is 6.50. The van der Waals surface area contributed by atoms with E-state index in [-0.39, 0.29) is 5.92 Å². The van der Waals surface area contributed by atoms with Crippen molar-refractivity contribution in [2.45, 2.75) is 20.8 Å². The number of carbonyl (C=O) groups is 1. The van der Waals surface area contributed by atoms with Crippen LogP contribution >= 0.6 is 0 Å². The standard InChI is InChI=1S/C11H19NO2/c1-8(2)4-5-12-6-10(7-12)9(3)11(13)14/h4,9-10H,5-7H2,1-3H3,(H,13,14). The molecule has 14 heavy (non-hydrogen) atoms. The molecule has 0 aromatic rings. The van der Waals surface area contributed by atoms with Gasteiger partial charge in [-0.15, -0.1) is 0 Å². The van der Waals surface area contributed by atoms with Gasteiger partial charge in [-0.2, -0.15) is 0 Å². The molecule has 1 rings (SSSR count). The number of likely N-dealkylation sites (tertiary alicyclic amines) is 1. The lowest BCUT2D eigenvalue weighted by Gasteiger charge is -2.40. The smallest absolute Gasteiger partial charge is 0.306 e. The van der Waals surface area contributed by atoms with Crippen molar-refractivity contribution in [2.75, 3.05) is 19.6 Å². The highest BCUT2D eigenvalue weighted by Gasteiger charge is 2.33. The van der Waals surface area contributed by atoms with E-state index in [4.69, 9.17) is 5.11 Å². The van der Waals surface area contributed by atoms with Crippen molar-refractivity contribution >= 4 is 5.97 Å². The number of hydrogen-bond acceptors (Lipinski definition) is 2. The third-order valence-corrected chi connectivity index (χ3v) is 2.84. The van der Waals surface area contributed by atoms with E-state index in [1.165, 1.54) is 5.57 Å². The molecule has 1 fully saturated rings. The van der Waals surface area contributed by atoms with Crippen LogP contribution in [-0.2, 0) is 4.79 Å². The largest absolute Gasteiger partial charge is 0.481 e. The molecule has 1 aliphatic rings. The summed E-state index contributed by atoms with van der Waals surface area (Å²) < 4.78 is 0. The Morgan fingerprint density at radius 2 is 2.14 bits per heavy atom. The Morgan fingerprint density at radius 3 is 2.57 bits per heavy atom. The van der Waals surface area contributed by atoms with Gasteiger partial charge in [0.05, 0.1) is 5.92 Å². The zero-order valence-corrected chi connectivity index (χ0v) is 9.16. The molecule has 0 aliphatic carbocycles. The second kappa shape index (κ2) is 4.60. The Bertz CT molecular complexity index is 238. The summed E-state index contributed by atoms with van der Waals surface area (Å²) in [6.45, 7) is 8.78. The van der Waals surface area contributed by atoms with Gasteiger partial charge >= 0.3 is 5.97 Å². The summed E-state index contributed by atoms with van der Waals surface area (Å²) in [5, 5.41) is 8.79. The Labute approximate surface area is 85.4 Å². The molecule has 1 saturated heterocycles. The second-order valence-corrected chi connectivity index (χ2v) is 4.39. The van der Waals surface area contributed by atoms with Gasteiger partial charge in [-0.1, -0.05) is 18.6 Å². The maximum atomic E-state index is 10.7. The molecule has 1 atom stereocenters. The molecule has 0 amide bonds. The summed E-state index contributed by atoms with van der Waals surface area (Å²) in [5.74, 6) is -0.520. The monoisotopic (exact) mass is 197 g/mol. The fourth-order valence-corrected chi connectivity index (χ4v) is 1.59. The third-order valence-electron chi connectivity index (χ3n) is 2.84. The maximum absolute atomic E-state index is 10.7. The van der Waals surface area contributed by atoms with Crippen LogP contribution < -0.4 is 0 Å². The first-order valence-electron chi connectivity index (χ1n) is 5.09. The molecule has 1 aliphatic heterocycles. The molecule has 3 heteroatoms. The molecule has 0 bridgehead atoms. The average molecular weight is 197 g/mol. The first-order valence-corrected chi connectivity index (χ1v) is 5.09. The lowest BCUT2D eigenvalue weighted by molar-refractivity contribution is -0.145. The minimum absolute atomic E-state index is 0.196. The Hall–Kier alpha value is -0.830. The SMILES string of the molecule is CC(C)=CCN1CC(C(C)C(=O)O)C1. The lowest BCUT2D eigenvalue weighted by atomic mass is 9.87. The van der Waals surface area contributed by atoms with E-state index in [9.17, 15) is 4.79 Å². The van der Waals surface area contributed by atoms with Crippen LogP contribution in [0.1, 0.15) is 20.8 Å². The van der Waals surface area contributed by atoms with E-state index in [2.05, 4.69) is 24.8 Å². The maximum Gasteiger partial charge on any atom is 0.306 e. The predicted molar refractivity (Wildman–Crippen MR) is 56.2 cm³/mol. The number of aliphatic carboxylic acids is 1. The molecule has 1 heterocycles. The molecule has 0 aromatic heterocycles. The predicted octanol–water partition coefficient (Wildman–Crippen LogP) is 1.61. The fourth-order valence-electron chi connectivity index (χ4n) is 1.59. The molecular formula is C11H19NO2. The molecule has 0 saturated carbocycles. The molecular weight excluding hydrogens is 178 g/mol. The highest BCUT2D eigenvalue weighted by molar-refractivity contribution is 5.70. The van der Waals surface area contributed by atoms with E-state index in [1.54, 1.807) is 6.92 Å². The van der Waals surface area contributed by atoms with E-state index < -0.39 is 5.97 Å². The number of carboxylic acid groups (broad SMARTS) is 1. The zero-order chi connectivity index (χ0) is 10.7. The van der Waals surface area contributed by atoms with Crippen LogP contribution in [0.2, 0.25) is 0 Å². The number of hydrogen-bond donors (Lipinski definition) is 1. The summed E-state index contributed by atoms with van der Waals surface area (Å²) in [6.07, 6.45) is 2.18. The van der Waals surface area contributed by atoms with Crippen LogP contribution in [0.5, 0.6) is 0 Å². The van der Waals surface area contributed by atoms with Crippen LogP contribution in [0.15, 0.2) is 11.6 Å². The van der Waals surface area contributed by atoms with Gasteiger partial charge in [0, 0.05) is 19.6 Å². The van der Waals surface area contributed by atoms with Gasteiger partial charge < -0.3 is 5.11 Å². The van der Waals surface area contributed by atoms with Crippen LogP contribution in [0, 0.1) is 11.8 Å². The third kappa shape index (κ3) is 2.84. The number of rotatable bonds is 4. The van der Waals surface area contributed by atoms with Crippen LogP contribution in [-0.4, -0.2) is 35.6 Å². The van der Waals surface area contributed by atoms with Crippen molar-refractivity contribution in [2.24, 2.45) is 11.8 Å². The summed E-state index contributed by atoms with van der Waals surface area (Å²) in [4.78, 5) is 13.0. The molecule has 0 radical (unpaired) electrons. The van der Waals surface area contributed by atoms with Gasteiger partial charge in [0.15, 0.2) is 0 Å². The topological polar surface area (TPSA) is 40.5 Å². The van der Waals surface area contributed by atoms with Gasteiger partial charge in [-0.05, 0) is 19.8 Å². The van der Waals surface area contributed by atoms with E-state index in [0.29, 0.717) is 5.92 Å². The Balaban J connectivity index is 2.23. The van der Waals surface area contributed by atoms with Gasteiger partial charge in [0.25, 0.3) is 0 Å². The molecule has 1 unspecified atom stereocenters. The van der Waals surface area contributed by atoms with Gasteiger partial charge in [-0.3, -0.25) is 9.69 Å². The highest BCUT2D eigenvalue weighted by atomic mass is 16.4. The van der Waals surface area contributed by atoms with E-state index >= 15 is 0 Å². The quantitative estimate of drug-likeness (QED) is 0.696. The van der Waals surface area contributed by atoms with Gasteiger partial charge in [0.2, 0.25) is 0 Å².